The molecule has 2 bridgehead atoms. The summed E-state index contributed by atoms with van der Waals surface area (Å²) in [5.74, 6) is -4.01. The number of halogens is 9. The molecule has 29 heavy (non-hydrogen) atoms. The van der Waals surface area contributed by atoms with E-state index >= 15 is 0 Å². The topological polar surface area (TPSA) is 46.5 Å². The van der Waals surface area contributed by atoms with Crippen LogP contribution < -0.4 is 0 Å². The van der Waals surface area contributed by atoms with Crippen molar-refractivity contribution < 1.29 is 54.2 Å². The Balaban J connectivity index is 2.07. The summed E-state index contributed by atoms with van der Waals surface area (Å²) in [6, 6.07) is 0. The van der Waals surface area contributed by atoms with E-state index in [0.717, 1.165) is 6.92 Å². The molecule has 3 nitrogen and oxygen atoms in total. The molecule has 12 heteroatoms. The fraction of sp³-hybridized carbons (Fsp3) is 0.941. The Hall–Kier alpha value is -1.20. The predicted octanol–water partition coefficient (Wildman–Crippen LogP) is 5.17. The minimum atomic E-state index is -5.92. The van der Waals surface area contributed by atoms with Gasteiger partial charge in [-0.05, 0) is 56.8 Å². The zero-order chi connectivity index (χ0) is 22.6. The second kappa shape index (κ2) is 7.19. The minimum absolute atomic E-state index is 0.128. The van der Waals surface area contributed by atoms with E-state index in [-0.39, 0.29) is 19.3 Å². The average molecular weight is 444 g/mol. The van der Waals surface area contributed by atoms with Gasteiger partial charge in [-0.3, -0.25) is 4.79 Å². The van der Waals surface area contributed by atoms with Crippen LogP contribution in [0.5, 0.6) is 0 Å². The minimum Gasteiger partial charge on any atom is -0.461 e. The van der Waals surface area contributed by atoms with Gasteiger partial charge in [0.05, 0.1) is 0 Å². The molecule has 0 radical (unpaired) electrons. The van der Waals surface area contributed by atoms with Gasteiger partial charge in [-0.1, -0.05) is 6.92 Å². The molecule has 0 aromatic heterocycles. The molecule has 5 unspecified atom stereocenters. The summed E-state index contributed by atoms with van der Waals surface area (Å²) >= 11 is 0. The Morgan fingerprint density at radius 3 is 1.76 bits per heavy atom. The molecule has 2 rings (SSSR count). The van der Waals surface area contributed by atoms with Gasteiger partial charge in [-0.15, -0.1) is 0 Å². The Morgan fingerprint density at radius 2 is 1.41 bits per heavy atom. The third-order valence-electron chi connectivity index (χ3n) is 6.48. The number of fused-ring (bicyclic) bond motifs is 2. The van der Waals surface area contributed by atoms with Gasteiger partial charge in [0.15, 0.2) is 5.41 Å². The molecule has 5 atom stereocenters. The Kier molecular flexibility index (Phi) is 5.97. The van der Waals surface area contributed by atoms with Gasteiger partial charge in [0.1, 0.15) is 6.10 Å². The number of carbonyl (C=O) groups excluding carboxylic acids is 1. The number of carbonyl (C=O) groups is 1. The Labute approximate surface area is 160 Å². The van der Waals surface area contributed by atoms with Crippen LogP contribution in [0.3, 0.4) is 0 Å². The maximum absolute atomic E-state index is 13.1. The van der Waals surface area contributed by atoms with Crippen molar-refractivity contribution in [2.75, 3.05) is 0 Å². The number of hydrogen-bond donors (Lipinski definition) is 1. The van der Waals surface area contributed by atoms with E-state index in [4.69, 9.17) is 4.74 Å². The second-order valence-corrected chi connectivity index (χ2v) is 8.17. The van der Waals surface area contributed by atoms with Gasteiger partial charge in [-0.25, -0.2) is 0 Å². The van der Waals surface area contributed by atoms with Crippen LogP contribution in [-0.4, -0.2) is 41.3 Å². The fourth-order valence-electron chi connectivity index (χ4n) is 4.24. The zero-order valence-electron chi connectivity index (χ0n) is 15.5. The molecule has 0 aliphatic heterocycles. The molecular weight excluding hydrogens is 423 g/mol. The average Bonchev–Trinajstić information content (AvgIpc) is 3.10. The van der Waals surface area contributed by atoms with E-state index in [1.165, 1.54) is 0 Å². The first-order valence-corrected chi connectivity index (χ1v) is 9.01. The predicted molar refractivity (Wildman–Crippen MR) is 80.3 cm³/mol. The Morgan fingerprint density at radius 1 is 0.897 bits per heavy atom. The van der Waals surface area contributed by atoms with Crippen LogP contribution in [0, 0.1) is 23.2 Å². The zero-order valence-corrected chi connectivity index (χ0v) is 15.5. The maximum atomic E-state index is 13.1. The molecule has 2 fully saturated rings. The van der Waals surface area contributed by atoms with Gasteiger partial charge >= 0.3 is 24.5 Å². The van der Waals surface area contributed by atoms with E-state index in [0.29, 0.717) is 6.92 Å². The van der Waals surface area contributed by atoms with E-state index in [9.17, 15) is 49.4 Å². The number of ether oxygens (including phenoxy) is 1. The largest absolute Gasteiger partial charge is 0.461 e. The van der Waals surface area contributed by atoms with Gasteiger partial charge in [0, 0.05) is 0 Å². The number of hydrogen-bond acceptors (Lipinski definition) is 3. The van der Waals surface area contributed by atoms with E-state index in [1.807, 2.05) is 0 Å². The molecule has 2 saturated carbocycles. The normalized spacial score (nSPS) is 30.3. The van der Waals surface area contributed by atoms with Gasteiger partial charge < -0.3 is 9.84 Å². The van der Waals surface area contributed by atoms with Crippen molar-refractivity contribution >= 4 is 5.97 Å². The lowest BCUT2D eigenvalue weighted by atomic mass is 9.78. The standard InChI is InChI=1S/C17H21F9O3/c1-3-13(2,15(18,19)20)12(27)29-11-6-8-4-9(11)5-10(8)7-14(28,16(21,22)23)17(24,25)26/h8-11,28H,3-7H2,1-2H3. The van der Waals surface area contributed by atoms with Crippen LogP contribution >= 0.6 is 0 Å². The third kappa shape index (κ3) is 4.05. The fourth-order valence-corrected chi connectivity index (χ4v) is 4.24. The highest BCUT2D eigenvalue weighted by Crippen LogP contribution is 2.56. The van der Waals surface area contributed by atoms with Crippen LogP contribution in [-0.2, 0) is 9.53 Å². The molecule has 0 saturated heterocycles. The van der Waals surface area contributed by atoms with Crippen molar-refractivity contribution in [3.05, 3.63) is 0 Å². The summed E-state index contributed by atoms with van der Waals surface area (Å²) in [6.07, 6.45) is -20.1. The quantitative estimate of drug-likeness (QED) is 0.470. The van der Waals surface area contributed by atoms with Crippen LogP contribution in [0.1, 0.15) is 46.0 Å². The third-order valence-corrected chi connectivity index (χ3v) is 6.48. The molecule has 0 amide bonds. The van der Waals surface area contributed by atoms with E-state index in [1.54, 1.807) is 0 Å². The van der Waals surface area contributed by atoms with Gasteiger partial charge in [0.25, 0.3) is 5.60 Å². The first kappa shape index (κ1) is 24.1. The number of esters is 1. The van der Waals surface area contributed by atoms with E-state index < -0.39 is 72.2 Å². The van der Waals surface area contributed by atoms with Crippen molar-refractivity contribution in [3.8, 4) is 0 Å². The molecule has 0 aromatic carbocycles. The number of alkyl halides is 9. The first-order chi connectivity index (χ1) is 12.9. The maximum Gasteiger partial charge on any atom is 0.426 e. The number of rotatable bonds is 5. The van der Waals surface area contributed by atoms with Crippen LogP contribution in [0.4, 0.5) is 39.5 Å². The molecule has 0 heterocycles. The first-order valence-electron chi connectivity index (χ1n) is 9.01. The highest BCUT2D eigenvalue weighted by Gasteiger charge is 2.71. The van der Waals surface area contributed by atoms with Crippen molar-refractivity contribution in [2.45, 2.75) is 76.2 Å². The molecular formula is C17H21F9O3. The summed E-state index contributed by atoms with van der Waals surface area (Å²) in [4.78, 5) is 12.1. The summed E-state index contributed by atoms with van der Waals surface area (Å²) < 4.78 is 122. The molecule has 2 aliphatic carbocycles. The van der Waals surface area contributed by atoms with Crippen LogP contribution in [0.15, 0.2) is 0 Å². The molecule has 1 N–H and O–H groups in total. The monoisotopic (exact) mass is 444 g/mol. The lowest BCUT2D eigenvalue weighted by molar-refractivity contribution is -0.373. The number of aliphatic hydroxyl groups is 1. The van der Waals surface area contributed by atoms with Crippen molar-refractivity contribution in [1.29, 1.82) is 0 Å². The summed E-state index contributed by atoms with van der Waals surface area (Å²) in [6.45, 7) is 1.83. The molecule has 170 valence electrons. The Bertz CT molecular complexity index is 611. The summed E-state index contributed by atoms with van der Waals surface area (Å²) in [5.41, 5.74) is -7.61. The van der Waals surface area contributed by atoms with Crippen molar-refractivity contribution in [3.63, 3.8) is 0 Å². The van der Waals surface area contributed by atoms with Crippen LogP contribution in [0.25, 0.3) is 0 Å². The highest BCUT2D eigenvalue weighted by atomic mass is 19.4. The molecule has 0 spiro atoms. The van der Waals surface area contributed by atoms with Crippen LogP contribution in [0.2, 0.25) is 0 Å². The second-order valence-electron chi connectivity index (χ2n) is 8.17. The highest BCUT2D eigenvalue weighted by molar-refractivity contribution is 5.77. The van der Waals surface area contributed by atoms with Gasteiger partial charge in [-0.2, -0.15) is 39.5 Å². The van der Waals surface area contributed by atoms with Crippen molar-refractivity contribution in [2.24, 2.45) is 23.2 Å². The summed E-state index contributed by atoms with van der Waals surface area (Å²) in [7, 11) is 0. The molecule has 0 aromatic rings. The molecule has 2 aliphatic rings. The lowest BCUT2D eigenvalue weighted by Crippen LogP contribution is -2.58. The van der Waals surface area contributed by atoms with Crippen molar-refractivity contribution in [1.82, 2.24) is 0 Å². The van der Waals surface area contributed by atoms with E-state index in [2.05, 4.69) is 0 Å². The van der Waals surface area contributed by atoms with Gasteiger partial charge in [0.2, 0.25) is 0 Å². The SMILES string of the molecule is CCC(C)(C(=O)OC1CC2CC1CC2CC(O)(C(F)(F)F)C(F)(F)F)C(F)(F)F. The lowest BCUT2D eigenvalue weighted by Gasteiger charge is -2.37. The summed E-state index contributed by atoms with van der Waals surface area (Å²) in [5, 5.41) is 9.35. The smallest absolute Gasteiger partial charge is 0.426 e.